The minimum absolute atomic E-state index is 0.0594. The number of nitrogens with zero attached hydrogens (tertiary/aromatic N) is 1. The average Bonchev–Trinajstić information content (AvgIpc) is 2.71. The standard InChI is InChI=1S/C22H26Cl2N2O2/c1-28-15-12-25-22(27)18-10-13-26(14-11-18)21(16-2-6-19(23)7-3-16)17-4-8-20(24)9-5-17/h2-9,18,21H,10-15H2,1H3,(H,25,27). The van der Waals surface area contributed by atoms with Crippen molar-refractivity contribution in [3.8, 4) is 0 Å². The molecule has 28 heavy (non-hydrogen) atoms. The molecule has 2 aromatic carbocycles. The van der Waals surface area contributed by atoms with Crippen LogP contribution in [0.5, 0.6) is 0 Å². The Balaban J connectivity index is 1.72. The molecule has 150 valence electrons. The van der Waals surface area contributed by atoms with Crippen molar-refractivity contribution in [1.82, 2.24) is 10.2 Å². The van der Waals surface area contributed by atoms with Crippen molar-refractivity contribution in [3.63, 3.8) is 0 Å². The van der Waals surface area contributed by atoms with Gasteiger partial charge in [-0.15, -0.1) is 0 Å². The Hall–Kier alpha value is -1.59. The van der Waals surface area contributed by atoms with Crippen molar-refractivity contribution in [1.29, 1.82) is 0 Å². The molecule has 1 aliphatic heterocycles. The number of amides is 1. The molecule has 1 fully saturated rings. The van der Waals surface area contributed by atoms with Crippen LogP contribution in [-0.4, -0.2) is 44.2 Å². The molecule has 2 aromatic rings. The molecule has 1 heterocycles. The van der Waals surface area contributed by atoms with Crippen molar-refractivity contribution in [3.05, 3.63) is 69.7 Å². The van der Waals surface area contributed by atoms with E-state index in [4.69, 9.17) is 27.9 Å². The highest BCUT2D eigenvalue weighted by Gasteiger charge is 2.30. The molecule has 1 saturated heterocycles. The lowest BCUT2D eigenvalue weighted by atomic mass is 9.91. The third kappa shape index (κ3) is 5.48. The van der Waals surface area contributed by atoms with Gasteiger partial charge in [0.1, 0.15) is 0 Å². The Morgan fingerprint density at radius 1 is 1.04 bits per heavy atom. The smallest absolute Gasteiger partial charge is 0.223 e. The minimum atomic E-state index is 0.0594. The number of hydrogen-bond donors (Lipinski definition) is 1. The predicted octanol–water partition coefficient (Wildman–Crippen LogP) is 4.56. The predicted molar refractivity (Wildman–Crippen MR) is 114 cm³/mol. The summed E-state index contributed by atoms with van der Waals surface area (Å²) in [6.07, 6.45) is 1.69. The third-order valence-corrected chi connectivity index (χ3v) is 5.75. The fourth-order valence-electron chi connectivity index (χ4n) is 3.74. The normalized spacial score (nSPS) is 15.7. The van der Waals surface area contributed by atoms with Crippen LogP contribution in [0, 0.1) is 5.92 Å². The monoisotopic (exact) mass is 420 g/mol. The summed E-state index contributed by atoms with van der Waals surface area (Å²) in [5.41, 5.74) is 2.38. The summed E-state index contributed by atoms with van der Waals surface area (Å²) in [5, 5.41) is 4.42. The number of hydrogen-bond acceptors (Lipinski definition) is 3. The average molecular weight is 421 g/mol. The van der Waals surface area contributed by atoms with E-state index in [0.717, 1.165) is 36.0 Å². The molecule has 6 heteroatoms. The molecule has 0 saturated carbocycles. The molecule has 1 aliphatic rings. The summed E-state index contributed by atoms with van der Waals surface area (Å²) in [4.78, 5) is 14.8. The van der Waals surface area contributed by atoms with E-state index in [0.29, 0.717) is 13.2 Å². The lowest BCUT2D eigenvalue weighted by molar-refractivity contribution is -0.126. The molecule has 0 radical (unpaired) electrons. The first-order valence-electron chi connectivity index (χ1n) is 9.60. The molecule has 1 N–H and O–H groups in total. The Morgan fingerprint density at radius 3 is 2.00 bits per heavy atom. The highest BCUT2D eigenvalue weighted by molar-refractivity contribution is 6.30. The molecule has 3 rings (SSSR count). The summed E-state index contributed by atoms with van der Waals surface area (Å²) < 4.78 is 5.00. The van der Waals surface area contributed by atoms with E-state index in [9.17, 15) is 4.79 Å². The largest absolute Gasteiger partial charge is 0.383 e. The summed E-state index contributed by atoms with van der Waals surface area (Å²) in [7, 11) is 1.64. The number of nitrogens with one attached hydrogen (secondary N) is 1. The molecule has 1 amide bonds. The van der Waals surface area contributed by atoms with Crippen LogP contribution in [0.4, 0.5) is 0 Å². The zero-order chi connectivity index (χ0) is 19.9. The number of carbonyl (C=O) groups is 1. The molecule has 0 aliphatic carbocycles. The van der Waals surface area contributed by atoms with Gasteiger partial charge >= 0.3 is 0 Å². The van der Waals surface area contributed by atoms with Crippen LogP contribution in [0.15, 0.2) is 48.5 Å². The Kier molecular flexibility index (Phi) is 7.74. The summed E-state index contributed by atoms with van der Waals surface area (Å²) in [6, 6.07) is 16.1. The highest BCUT2D eigenvalue weighted by Crippen LogP contribution is 2.33. The molecule has 0 aromatic heterocycles. The van der Waals surface area contributed by atoms with E-state index >= 15 is 0 Å². The van der Waals surface area contributed by atoms with Gasteiger partial charge in [0.15, 0.2) is 0 Å². The van der Waals surface area contributed by atoms with E-state index in [-0.39, 0.29) is 17.9 Å². The number of methoxy groups -OCH3 is 1. The second-order valence-corrected chi connectivity index (χ2v) is 7.97. The lowest BCUT2D eigenvalue weighted by Gasteiger charge is -2.37. The van der Waals surface area contributed by atoms with Gasteiger partial charge in [0, 0.05) is 29.6 Å². The maximum absolute atomic E-state index is 12.3. The van der Waals surface area contributed by atoms with Gasteiger partial charge in [0.2, 0.25) is 5.91 Å². The van der Waals surface area contributed by atoms with Crippen molar-refractivity contribution < 1.29 is 9.53 Å². The summed E-state index contributed by atoms with van der Waals surface area (Å²) >= 11 is 12.2. The number of piperidine rings is 1. The van der Waals surface area contributed by atoms with E-state index in [1.165, 1.54) is 11.1 Å². The fraction of sp³-hybridized carbons (Fsp3) is 0.409. The quantitative estimate of drug-likeness (QED) is 0.667. The zero-order valence-electron chi connectivity index (χ0n) is 16.0. The SMILES string of the molecule is COCCNC(=O)C1CCN(C(c2ccc(Cl)cc2)c2ccc(Cl)cc2)CC1. The zero-order valence-corrected chi connectivity index (χ0v) is 17.5. The van der Waals surface area contributed by atoms with Crippen molar-refractivity contribution in [2.24, 2.45) is 5.92 Å². The first-order valence-corrected chi connectivity index (χ1v) is 10.4. The Labute approximate surface area is 176 Å². The van der Waals surface area contributed by atoms with Crippen LogP contribution in [0.25, 0.3) is 0 Å². The molecule has 0 unspecified atom stereocenters. The Bertz CT molecular complexity index is 712. The topological polar surface area (TPSA) is 41.6 Å². The van der Waals surface area contributed by atoms with E-state index < -0.39 is 0 Å². The molecular weight excluding hydrogens is 395 g/mol. The second-order valence-electron chi connectivity index (χ2n) is 7.10. The van der Waals surface area contributed by atoms with Crippen LogP contribution in [0.3, 0.4) is 0 Å². The molecule has 0 spiro atoms. The van der Waals surface area contributed by atoms with Crippen LogP contribution >= 0.6 is 23.2 Å². The van der Waals surface area contributed by atoms with Gasteiger partial charge in [-0.25, -0.2) is 0 Å². The lowest BCUT2D eigenvalue weighted by Crippen LogP contribution is -2.42. The Morgan fingerprint density at radius 2 is 1.54 bits per heavy atom. The van der Waals surface area contributed by atoms with Gasteiger partial charge in [-0.05, 0) is 61.3 Å². The second kappa shape index (κ2) is 10.3. The van der Waals surface area contributed by atoms with Gasteiger partial charge in [0.25, 0.3) is 0 Å². The van der Waals surface area contributed by atoms with Gasteiger partial charge in [-0.3, -0.25) is 9.69 Å². The number of carbonyl (C=O) groups excluding carboxylic acids is 1. The van der Waals surface area contributed by atoms with Crippen molar-refractivity contribution >= 4 is 29.1 Å². The van der Waals surface area contributed by atoms with Gasteiger partial charge in [-0.2, -0.15) is 0 Å². The van der Waals surface area contributed by atoms with Crippen LogP contribution in [0.2, 0.25) is 10.0 Å². The summed E-state index contributed by atoms with van der Waals surface area (Å²) in [6.45, 7) is 2.82. The third-order valence-electron chi connectivity index (χ3n) is 5.24. The number of halogens is 2. The fourth-order valence-corrected chi connectivity index (χ4v) is 4.00. The van der Waals surface area contributed by atoms with Gasteiger partial charge in [-0.1, -0.05) is 47.5 Å². The first-order chi connectivity index (χ1) is 13.6. The molecule has 0 atom stereocenters. The minimum Gasteiger partial charge on any atom is -0.383 e. The van der Waals surface area contributed by atoms with Crippen LogP contribution < -0.4 is 5.32 Å². The summed E-state index contributed by atoms with van der Waals surface area (Å²) in [5.74, 6) is 0.190. The number of likely N-dealkylation sites (tertiary alicyclic amines) is 1. The molecule has 4 nitrogen and oxygen atoms in total. The van der Waals surface area contributed by atoms with E-state index in [1.807, 2.05) is 24.3 Å². The number of ether oxygens (including phenoxy) is 1. The van der Waals surface area contributed by atoms with Crippen molar-refractivity contribution in [2.45, 2.75) is 18.9 Å². The molecule has 0 bridgehead atoms. The highest BCUT2D eigenvalue weighted by atomic mass is 35.5. The number of benzene rings is 2. The first kappa shape index (κ1) is 21.1. The maximum atomic E-state index is 12.3. The van der Waals surface area contributed by atoms with Crippen LogP contribution in [-0.2, 0) is 9.53 Å². The van der Waals surface area contributed by atoms with Crippen LogP contribution in [0.1, 0.15) is 30.0 Å². The maximum Gasteiger partial charge on any atom is 0.223 e. The van der Waals surface area contributed by atoms with Gasteiger partial charge < -0.3 is 10.1 Å². The van der Waals surface area contributed by atoms with E-state index in [1.54, 1.807) is 7.11 Å². The van der Waals surface area contributed by atoms with Crippen molar-refractivity contribution in [2.75, 3.05) is 33.4 Å². The van der Waals surface area contributed by atoms with E-state index in [2.05, 4.69) is 34.5 Å². The molecular formula is C22H26Cl2N2O2. The van der Waals surface area contributed by atoms with Gasteiger partial charge in [0.05, 0.1) is 12.6 Å². The number of rotatable bonds is 7.